The second-order valence-electron chi connectivity index (χ2n) is 7.85. The van der Waals surface area contributed by atoms with Crippen molar-refractivity contribution in [2.75, 3.05) is 20.8 Å². The summed E-state index contributed by atoms with van der Waals surface area (Å²) in [4.78, 5) is 24.3. The minimum atomic E-state index is -1.06. The first-order valence-corrected chi connectivity index (χ1v) is 11.5. The molecule has 8 heteroatoms. The van der Waals surface area contributed by atoms with Gasteiger partial charge in [-0.2, -0.15) is 0 Å². The minimum Gasteiger partial charge on any atom is -0.493 e. The second-order valence-corrected chi connectivity index (χ2v) is 8.70. The Bertz CT molecular complexity index is 1180. The Labute approximate surface area is 205 Å². The molecule has 0 saturated heterocycles. The molecule has 4 rings (SSSR count). The topological polar surface area (TPSA) is 94.1 Å². The zero-order valence-corrected chi connectivity index (χ0v) is 20.3. The van der Waals surface area contributed by atoms with Crippen LogP contribution in [0.1, 0.15) is 35.1 Å². The SMILES string of the molecule is COc1cc(Br)c([C@H](CC(=O)O)NC(=O)OCC2c3ccccc3-c3ccccc32)cc1OC. The number of nitrogens with one attached hydrogen (secondary N) is 1. The maximum atomic E-state index is 12.8. The molecule has 0 fully saturated rings. The Kier molecular flexibility index (Phi) is 7.07. The summed E-state index contributed by atoms with van der Waals surface area (Å²) in [5.41, 5.74) is 4.99. The van der Waals surface area contributed by atoms with E-state index in [9.17, 15) is 14.7 Å². The van der Waals surface area contributed by atoms with E-state index in [1.807, 2.05) is 36.4 Å². The lowest BCUT2D eigenvalue weighted by Crippen LogP contribution is -2.32. The van der Waals surface area contributed by atoms with Gasteiger partial charge in [0, 0.05) is 10.4 Å². The van der Waals surface area contributed by atoms with Gasteiger partial charge in [0.05, 0.1) is 26.7 Å². The number of fused-ring (bicyclic) bond motifs is 3. The van der Waals surface area contributed by atoms with Crippen LogP contribution in [0.25, 0.3) is 11.1 Å². The molecule has 0 radical (unpaired) electrons. The molecule has 2 N–H and O–H groups in total. The van der Waals surface area contributed by atoms with Crippen molar-refractivity contribution in [1.29, 1.82) is 0 Å². The summed E-state index contributed by atoms with van der Waals surface area (Å²) in [6.45, 7) is 0.132. The molecule has 0 bridgehead atoms. The molecular formula is C26H24BrNO6. The number of ether oxygens (including phenoxy) is 3. The molecule has 0 unspecified atom stereocenters. The maximum absolute atomic E-state index is 12.8. The normalized spacial score (nSPS) is 12.9. The molecule has 0 heterocycles. The van der Waals surface area contributed by atoms with Gasteiger partial charge in [-0.15, -0.1) is 0 Å². The maximum Gasteiger partial charge on any atom is 0.407 e. The molecule has 0 saturated carbocycles. The molecule has 3 aromatic carbocycles. The van der Waals surface area contributed by atoms with Crippen molar-refractivity contribution in [1.82, 2.24) is 5.32 Å². The highest BCUT2D eigenvalue weighted by Crippen LogP contribution is 2.44. The third-order valence-electron chi connectivity index (χ3n) is 5.89. The van der Waals surface area contributed by atoms with Crippen LogP contribution in [0, 0.1) is 0 Å². The van der Waals surface area contributed by atoms with E-state index in [1.165, 1.54) is 14.2 Å². The zero-order valence-electron chi connectivity index (χ0n) is 18.7. The third-order valence-corrected chi connectivity index (χ3v) is 6.58. The van der Waals surface area contributed by atoms with Crippen LogP contribution in [0.2, 0.25) is 0 Å². The van der Waals surface area contributed by atoms with Crippen LogP contribution in [-0.2, 0) is 9.53 Å². The molecule has 0 aromatic heterocycles. The van der Waals surface area contributed by atoms with E-state index in [2.05, 4.69) is 33.4 Å². The number of carbonyl (C=O) groups is 2. The summed E-state index contributed by atoms with van der Waals surface area (Å²) >= 11 is 3.44. The van der Waals surface area contributed by atoms with E-state index >= 15 is 0 Å². The fraction of sp³-hybridized carbons (Fsp3) is 0.231. The monoisotopic (exact) mass is 525 g/mol. The Morgan fingerprint density at radius 2 is 1.53 bits per heavy atom. The number of amides is 1. The largest absolute Gasteiger partial charge is 0.493 e. The predicted octanol–water partition coefficient (Wildman–Crippen LogP) is 5.52. The van der Waals surface area contributed by atoms with Crippen molar-refractivity contribution in [3.05, 3.63) is 81.8 Å². The van der Waals surface area contributed by atoms with E-state index in [1.54, 1.807) is 12.1 Å². The number of benzene rings is 3. The lowest BCUT2D eigenvalue weighted by atomic mass is 9.98. The fourth-order valence-corrected chi connectivity index (χ4v) is 4.93. The Morgan fingerprint density at radius 1 is 0.971 bits per heavy atom. The van der Waals surface area contributed by atoms with Gasteiger partial charge in [0.1, 0.15) is 6.61 Å². The van der Waals surface area contributed by atoms with Crippen molar-refractivity contribution in [3.8, 4) is 22.6 Å². The molecule has 1 aliphatic carbocycles. The van der Waals surface area contributed by atoms with Crippen molar-refractivity contribution in [3.63, 3.8) is 0 Å². The molecule has 3 aromatic rings. The first kappa shape index (κ1) is 23.6. The average Bonchev–Trinajstić information content (AvgIpc) is 3.15. The highest BCUT2D eigenvalue weighted by Gasteiger charge is 2.30. The molecular weight excluding hydrogens is 502 g/mol. The molecule has 1 aliphatic rings. The lowest BCUT2D eigenvalue weighted by molar-refractivity contribution is -0.137. The molecule has 7 nitrogen and oxygen atoms in total. The van der Waals surface area contributed by atoms with Crippen molar-refractivity contribution < 1.29 is 28.9 Å². The van der Waals surface area contributed by atoms with Gasteiger partial charge in [-0.25, -0.2) is 4.79 Å². The van der Waals surface area contributed by atoms with Gasteiger partial charge in [0.2, 0.25) is 0 Å². The van der Waals surface area contributed by atoms with Gasteiger partial charge in [0.25, 0.3) is 0 Å². The van der Waals surface area contributed by atoms with Crippen LogP contribution in [0.4, 0.5) is 4.79 Å². The number of carboxylic acids is 1. The molecule has 1 atom stereocenters. The average molecular weight is 526 g/mol. The predicted molar refractivity (Wildman–Crippen MR) is 130 cm³/mol. The first-order chi connectivity index (χ1) is 16.4. The number of alkyl carbamates (subject to hydrolysis) is 1. The van der Waals surface area contributed by atoms with E-state index < -0.39 is 18.1 Å². The van der Waals surface area contributed by atoms with Crippen LogP contribution >= 0.6 is 15.9 Å². The zero-order chi connectivity index (χ0) is 24.2. The Morgan fingerprint density at radius 3 is 2.09 bits per heavy atom. The van der Waals surface area contributed by atoms with Crippen LogP contribution in [0.5, 0.6) is 11.5 Å². The van der Waals surface area contributed by atoms with E-state index in [0.717, 1.165) is 22.3 Å². The number of aliphatic carboxylic acids is 1. The molecule has 176 valence electrons. The Balaban J connectivity index is 1.53. The van der Waals surface area contributed by atoms with Crippen LogP contribution in [0.15, 0.2) is 65.1 Å². The molecule has 1 amide bonds. The smallest absolute Gasteiger partial charge is 0.407 e. The number of carboxylic acid groups (broad SMARTS) is 1. The van der Waals surface area contributed by atoms with Gasteiger partial charge in [-0.1, -0.05) is 64.5 Å². The minimum absolute atomic E-state index is 0.0936. The van der Waals surface area contributed by atoms with Gasteiger partial charge in [-0.3, -0.25) is 4.79 Å². The summed E-state index contributed by atoms with van der Waals surface area (Å²) in [7, 11) is 2.99. The number of hydrogen-bond donors (Lipinski definition) is 2. The van der Waals surface area contributed by atoms with Gasteiger partial charge in [-0.05, 0) is 39.9 Å². The van der Waals surface area contributed by atoms with E-state index in [0.29, 0.717) is 21.5 Å². The van der Waals surface area contributed by atoms with Crippen LogP contribution in [0.3, 0.4) is 0 Å². The summed E-state index contributed by atoms with van der Waals surface area (Å²) < 4.78 is 16.8. The highest BCUT2D eigenvalue weighted by molar-refractivity contribution is 9.10. The summed E-state index contributed by atoms with van der Waals surface area (Å²) in [5, 5.41) is 12.1. The van der Waals surface area contributed by atoms with Gasteiger partial charge in [0.15, 0.2) is 11.5 Å². The summed E-state index contributed by atoms with van der Waals surface area (Å²) in [5.74, 6) is -0.256. The van der Waals surface area contributed by atoms with E-state index in [4.69, 9.17) is 14.2 Å². The number of rotatable bonds is 8. The van der Waals surface area contributed by atoms with Crippen molar-refractivity contribution in [2.45, 2.75) is 18.4 Å². The van der Waals surface area contributed by atoms with E-state index in [-0.39, 0.29) is 18.9 Å². The van der Waals surface area contributed by atoms with Crippen LogP contribution < -0.4 is 14.8 Å². The standard InChI is InChI=1S/C26H24BrNO6/c1-32-23-11-19(21(27)12-24(23)33-2)22(13-25(29)30)28-26(31)34-14-20-17-9-5-3-7-15(17)16-8-4-6-10-18(16)20/h3-12,20,22H,13-14H2,1-2H3,(H,28,31)(H,29,30)/t22-/m0/s1. The van der Waals surface area contributed by atoms with Gasteiger partial charge >= 0.3 is 12.1 Å². The summed E-state index contributed by atoms with van der Waals surface area (Å²) in [6, 6.07) is 18.6. The number of methoxy groups -OCH3 is 2. The number of carbonyl (C=O) groups excluding carboxylic acids is 1. The van der Waals surface area contributed by atoms with Crippen molar-refractivity contribution >= 4 is 28.0 Å². The number of hydrogen-bond acceptors (Lipinski definition) is 5. The Hall–Kier alpha value is -3.52. The quantitative estimate of drug-likeness (QED) is 0.402. The van der Waals surface area contributed by atoms with Gasteiger partial charge < -0.3 is 24.6 Å². The van der Waals surface area contributed by atoms with Crippen LogP contribution in [-0.4, -0.2) is 38.0 Å². The lowest BCUT2D eigenvalue weighted by Gasteiger charge is -2.21. The first-order valence-electron chi connectivity index (χ1n) is 10.7. The summed E-state index contributed by atoms with van der Waals surface area (Å²) in [6.07, 6.45) is -1.03. The third kappa shape index (κ3) is 4.72. The molecule has 34 heavy (non-hydrogen) atoms. The number of halogens is 1. The molecule has 0 aliphatic heterocycles. The van der Waals surface area contributed by atoms with Crippen molar-refractivity contribution in [2.24, 2.45) is 0 Å². The fourth-order valence-electron chi connectivity index (χ4n) is 4.33. The highest BCUT2D eigenvalue weighted by atomic mass is 79.9. The molecule has 0 spiro atoms. The second kappa shape index (κ2) is 10.2.